The molecule has 0 spiro atoms. The van der Waals surface area contributed by atoms with Crippen molar-refractivity contribution in [3.05, 3.63) is 64.7 Å². The Balaban J connectivity index is 1.33. The number of benzene rings is 2. The number of phenolic OH excluding ortho intramolecular Hbond substituents is 1. The maximum atomic E-state index is 9.42. The highest BCUT2D eigenvalue weighted by Gasteiger charge is 2.39. The highest BCUT2D eigenvalue weighted by atomic mass is 35.5. The van der Waals surface area contributed by atoms with Gasteiger partial charge in [-0.25, -0.2) is 0 Å². The van der Waals surface area contributed by atoms with Gasteiger partial charge in [-0.1, -0.05) is 35.9 Å². The van der Waals surface area contributed by atoms with Crippen molar-refractivity contribution in [2.45, 2.75) is 50.6 Å². The number of piperidine rings is 1. The molecule has 0 aliphatic carbocycles. The molecule has 2 aliphatic heterocycles. The third kappa shape index (κ3) is 4.02. The summed E-state index contributed by atoms with van der Waals surface area (Å²) < 4.78 is 0. The van der Waals surface area contributed by atoms with Crippen molar-refractivity contribution in [1.82, 2.24) is 4.90 Å². The van der Waals surface area contributed by atoms with E-state index in [4.69, 9.17) is 11.6 Å². The number of phenols is 1. The normalized spacial score (nSPS) is 26.0. The van der Waals surface area contributed by atoms with Crippen LogP contribution in [0.2, 0.25) is 5.02 Å². The standard InChI is InChI=1S/C22H26ClNO/c23-19-5-1-17(2-6-19)13-18-14-20-7-8-21(15-18)24(20)12-11-16-3-9-22(25)10-4-16/h1-6,9-10,18,20-21,25H,7-8,11-15H2. The van der Waals surface area contributed by atoms with Gasteiger partial charge in [0.25, 0.3) is 0 Å². The Morgan fingerprint density at radius 3 is 2.12 bits per heavy atom. The van der Waals surface area contributed by atoms with Crippen molar-refractivity contribution in [3.63, 3.8) is 0 Å². The van der Waals surface area contributed by atoms with E-state index in [2.05, 4.69) is 17.0 Å². The molecule has 132 valence electrons. The Morgan fingerprint density at radius 1 is 0.880 bits per heavy atom. The zero-order valence-electron chi connectivity index (χ0n) is 14.6. The van der Waals surface area contributed by atoms with E-state index < -0.39 is 0 Å². The smallest absolute Gasteiger partial charge is 0.115 e. The molecule has 0 aromatic heterocycles. The summed E-state index contributed by atoms with van der Waals surface area (Å²) in [5.41, 5.74) is 2.74. The van der Waals surface area contributed by atoms with E-state index in [0.717, 1.165) is 36.0 Å². The van der Waals surface area contributed by atoms with Gasteiger partial charge in [0, 0.05) is 23.7 Å². The second-order valence-electron chi connectivity index (χ2n) is 7.71. The average Bonchev–Trinajstić information content (AvgIpc) is 2.85. The first kappa shape index (κ1) is 16.9. The van der Waals surface area contributed by atoms with Gasteiger partial charge in [-0.3, -0.25) is 4.90 Å². The summed E-state index contributed by atoms with van der Waals surface area (Å²) in [6.45, 7) is 1.15. The molecule has 2 nitrogen and oxygen atoms in total. The molecular formula is C22H26ClNO. The van der Waals surface area contributed by atoms with E-state index in [0.29, 0.717) is 5.75 Å². The summed E-state index contributed by atoms with van der Waals surface area (Å²) >= 11 is 6.00. The zero-order chi connectivity index (χ0) is 17.2. The Bertz CT molecular complexity index is 683. The predicted octanol–water partition coefficient (Wildman–Crippen LogP) is 5.07. The van der Waals surface area contributed by atoms with Crippen LogP contribution in [0, 0.1) is 5.92 Å². The molecule has 4 rings (SSSR count). The highest BCUT2D eigenvalue weighted by Crippen LogP contribution is 2.40. The maximum absolute atomic E-state index is 9.42. The van der Waals surface area contributed by atoms with E-state index in [-0.39, 0.29) is 0 Å². The van der Waals surface area contributed by atoms with Crippen LogP contribution in [0.1, 0.15) is 36.8 Å². The summed E-state index contributed by atoms with van der Waals surface area (Å²) in [6, 6.07) is 17.6. The first-order chi connectivity index (χ1) is 12.2. The number of aromatic hydroxyl groups is 1. The van der Waals surface area contributed by atoms with Gasteiger partial charge in [0.05, 0.1) is 0 Å². The van der Waals surface area contributed by atoms with Gasteiger partial charge in [-0.15, -0.1) is 0 Å². The lowest BCUT2D eigenvalue weighted by Gasteiger charge is -2.39. The second kappa shape index (κ2) is 7.39. The Labute approximate surface area is 155 Å². The fourth-order valence-corrected chi connectivity index (χ4v) is 4.92. The molecule has 0 amide bonds. The summed E-state index contributed by atoms with van der Waals surface area (Å²) in [4.78, 5) is 2.76. The van der Waals surface area contributed by atoms with E-state index in [1.165, 1.54) is 43.2 Å². The number of hydrogen-bond acceptors (Lipinski definition) is 2. The summed E-state index contributed by atoms with van der Waals surface area (Å²) in [6.07, 6.45) is 7.64. The van der Waals surface area contributed by atoms with Crippen LogP contribution in [0.4, 0.5) is 0 Å². The first-order valence-electron chi connectivity index (χ1n) is 9.45. The van der Waals surface area contributed by atoms with Gasteiger partial charge in [0.1, 0.15) is 5.75 Å². The van der Waals surface area contributed by atoms with Gasteiger partial charge in [0.2, 0.25) is 0 Å². The van der Waals surface area contributed by atoms with E-state index in [9.17, 15) is 5.11 Å². The van der Waals surface area contributed by atoms with Crippen molar-refractivity contribution in [1.29, 1.82) is 0 Å². The molecule has 2 atom stereocenters. The minimum Gasteiger partial charge on any atom is -0.508 e. The number of rotatable bonds is 5. The van der Waals surface area contributed by atoms with Crippen molar-refractivity contribution in [3.8, 4) is 5.75 Å². The van der Waals surface area contributed by atoms with Crippen LogP contribution in [0.15, 0.2) is 48.5 Å². The fourth-order valence-electron chi connectivity index (χ4n) is 4.79. The van der Waals surface area contributed by atoms with Gasteiger partial charge in [-0.05, 0) is 79.8 Å². The third-order valence-electron chi connectivity index (χ3n) is 6.01. The van der Waals surface area contributed by atoms with Crippen LogP contribution in [0.5, 0.6) is 5.75 Å². The van der Waals surface area contributed by atoms with E-state index >= 15 is 0 Å². The van der Waals surface area contributed by atoms with Crippen LogP contribution >= 0.6 is 11.6 Å². The summed E-state index contributed by atoms with van der Waals surface area (Å²) in [7, 11) is 0. The molecule has 2 heterocycles. The molecule has 25 heavy (non-hydrogen) atoms. The van der Waals surface area contributed by atoms with Gasteiger partial charge >= 0.3 is 0 Å². The average molecular weight is 356 g/mol. The van der Waals surface area contributed by atoms with E-state index in [1.54, 1.807) is 12.1 Å². The molecule has 2 bridgehead atoms. The third-order valence-corrected chi connectivity index (χ3v) is 6.27. The first-order valence-corrected chi connectivity index (χ1v) is 9.83. The SMILES string of the molecule is Oc1ccc(CCN2C3CCC2CC(Cc2ccc(Cl)cc2)C3)cc1. The molecule has 2 aromatic carbocycles. The molecule has 2 fully saturated rings. The Hall–Kier alpha value is -1.51. The number of fused-ring (bicyclic) bond motifs is 2. The van der Waals surface area contributed by atoms with Crippen LogP contribution in [-0.2, 0) is 12.8 Å². The molecule has 0 saturated carbocycles. The molecule has 2 aliphatic rings. The quantitative estimate of drug-likeness (QED) is 0.809. The highest BCUT2D eigenvalue weighted by molar-refractivity contribution is 6.30. The largest absolute Gasteiger partial charge is 0.508 e. The minimum atomic E-state index is 0.354. The fraction of sp³-hybridized carbons (Fsp3) is 0.455. The lowest BCUT2D eigenvalue weighted by atomic mass is 9.85. The zero-order valence-corrected chi connectivity index (χ0v) is 15.3. The monoisotopic (exact) mass is 355 g/mol. The van der Waals surface area contributed by atoms with Gasteiger partial charge in [-0.2, -0.15) is 0 Å². The number of nitrogens with zero attached hydrogens (tertiary/aromatic N) is 1. The van der Waals surface area contributed by atoms with Crippen molar-refractivity contribution < 1.29 is 5.11 Å². The van der Waals surface area contributed by atoms with Crippen molar-refractivity contribution in [2.24, 2.45) is 5.92 Å². The predicted molar refractivity (Wildman–Crippen MR) is 103 cm³/mol. The molecule has 2 aromatic rings. The van der Waals surface area contributed by atoms with Crippen LogP contribution < -0.4 is 0 Å². The molecule has 1 N–H and O–H groups in total. The minimum absolute atomic E-state index is 0.354. The molecule has 2 saturated heterocycles. The van der Waals surface area contributed by atoms with Crippen LogP contribution in [-0.4, -0.2) is 28.6 Å². The lowest BCUT2D eigenvalue weighted by Crippen LogP contribution is -2.44. The topological polar surface area (TPSA) is 23.5 Å². The van der Waals surface area contributed by atoms with Crippen molar-refractivity contribution >= 4 is 11.6 Å². The second-order valence-corrected chi connectivity index (χ2v) is 8.14. The maximum Gasteiger partial charge on any atom is 0.115 e. The lowest BCUT2D eigenvalue weighted by molar-refractivity contribution is 0.105. The Morgan fingerprint density at radius 2 is 1.48 bits per heavy atom. The number of halogens is 1. The van der Waals surface area contributed by atoms with Gasteiger partial charge < -0.3 is 5.11 Å². The summed E-state index contributed by atoms with van der Waals surface area (Å²) in [5.74, 6) is 1.16. The number of hydrogen-bond donors (Lipinski definition) is 1. The molecule has 2 unspecified atom stereocenters. The Kier molecular flexibility index (Phi) is 5.00. The molecular weight excluding hydrogens is 330 g/mol. The van der Waals surface area contributed by atoms with Crippen LogP contribution in [0.3, 0.4) is 0 Å². The summed E-state index contributed by atoms with van der Waals surface area (Å²) in [5, 5.41) is 10.2. The van der Waals surface area contributed by atoms with Crippen LogP contribution in [0.25, 0.3) is 0 Å². The van der Waals surface area contributed by atoms with Crippen molar-refractivity contribution in [2.75, 3.05) is 6.54 Å². The van der Waals surface area contributed by atoms with Gasteiger partial charge in [0.15, 0.2) is 0 Å². The molecule has 0 radical (unpaired) electrons. The van der Waals surface area contributed by atoms with E-state index in [1.807, 2.05) is 24.3 Å². The molecule has 3 heteroatoms.